The standard InChI is InChI=1S/C19H23NO4/c1-19(2,3)24-18(23)20-11-14-6-4-5-7-15(14)16-9-8-13(12-21)10-17(16)22/h4-10,21-22H,11-12H2,1-3H3,(H,20,23). The molecule has 2 rings (SSSR count). The third-order valence-corrected chi connectivity index (χ3v) is 3.37. The number of phenols is 1. The van der Waals surface area contributed by atoms with Crippen molar-refractivity contribution in [2.75, 3.05) is 0 Å². The molecule has 0 saturated heterocycles. The van der Waals surface area contributed by atoms with Crippen molar-refractivity contribution in [2.24, 2.45) is 0 Å². The zero-order valence-corrected chi connectivity index (χ0v) is 14.2. The summed E-state index contributed by atoms with van der Waals surface area (Å²) in [5.41, 5.74) is 2.41. The highest BCUT2D eigenvalue weighted by Gasteiger charge is 2.16. The molecule has 3 N–H and O–H groups in total. The third kappa shape index (κ3) is 4.73. The average molecular weight is 329 g/mol. The first-order chi connectivity index (χ1) is 11.3. The maximum absolute atomic E-state index is 11.8. The molecule has 0 heterocycles. The van der Waals surface area contributed by atoms with Gasteiger partial charge in [0.1, 0.15) is 11.4 Å². The Hall–Kier alpha value is -2.53. The van der Waals surface area contributed by atoms with Crippen LogP contribution in [0.15, 0.2) is 42.5 Å². The number of alkyl carbamates (subject to hydrolysis) is 1. The molecule has 5 heteroatoms. The van der Waals surface area contributed by atoms with Gasteiger partial charge in [0, 0.05) is 12.1 Å². The van der Waals surface area contributed by atoms with E-state index in [9.17, 15) is 9.90 Å². The number of nitrogens with one attached hydrogen (secondary N) is 1. The topological polar surface area (TPSA) is 78.8 Å². The van der Waals surface area contributed by atoms with Crippen molar-refractivity contribution in [3.05, 3.63) is 53.6 Å². The third-order valence-electron chi connectivity index (χ3n) is 3.37. The summed E-state index contributed by atoms with van der Waals surface area (Å²) in [6.45, 7) is 5.58. The Kier molecular flexibility index (Phi) is 5.46. The first-order valence-corrected chi connectivity index (χ1v) is 7.78. The highest BCUT2D eigenvalue weighted by molar-refractivity contribution is 5.74. The number of amides is 1. The first kappa shape index (κ1) is 17.8. The molecule has 0 aliphatic heterocycles. The molecule has 0 fully saturated rings. The number of ether oxygens (including phenoxy) is 1. The smallest absolute Gasteiger partial charge is 0.407 e. The van der Waals surface area contributed by atoms with E-state index in [1.165, 1.54) is 6.07 Å². The van der Waals surface area contributed by atoms with Crippen LogP contribution in [-0.4, -0.2) is 21.9 Å². The van der Waals surface area contributed by atoms with Crippen LogP contribution in [0.1, 0.15) is 31.9 Å². The van der Waals surface area contributed by atoms with Gasteiger partial charge >= 0.3 is 6.09 Å². The number of carbonyl (C=O) groups excluding carboxylic acids is 1. The number of aliphatic hydroxyl groups excluding tert-OH is 1. The van der Waals surface area contributed by atoms with Gasteiger partial charge in [-0.05, 0) is 43.5 Å². The summed E-state index contributed by atoms with van der Waals surface area (Å²) in [6, 6.07) is 12.5. The van der Waals surface area contributed by atoms with Crippen molar-refractivity contribution in [2.45, 2.75) is 39.5 Å². The molecule has 0 saturated carbocycles. The lowest BCUT2D eigenvalue weighted by Crippen LogP contribution is -2.32. The minimum absolute atomic E-state index is 0.0891. The predicted octanol–water partition coefficient (Wildman–Crippen LogP) is 3.58. The SMILES string of the molecule is CC(C)(C)OC(=O)NCc1ccccc1-c1ccc(CO)cc1O. The molecule has 0 aliphatic carbocycles. The summed E-state index contributed by atoms with van der Waals surface area (Å²) in [6.07, 6.45) is -0.489. The van der Waals surface area contributed by atoms with E-state index in [1.807, 2.05) is 24.3 Å². The monoisotopic (exact) mass is 329 g/mol. The van der Waals surface area contributed by atoms with Gasteiger partial charge in [-0.3, -0.25) is 0 Å². The second-order valence-electron chi connectivity index (χ2n) is 6.52. The second-order valence-corrected chi connectivity index (χ2v) is 6.52. The van der Waals surface area contributed by atoms with Crippen molar-refractivity contribution in [3.8, 4) is 16.9 Å². The van der Waals surface area contributed by atoms with E-state index in [-0.39, 0.29) is 18.9 Å². The van der Waals surface area contributed by atoms with Crippen molar-refractivity contribution in [1.82, 2.24) is 5.32 Å². The number of hydrogen-bond acceptors (Lipinski definition) is 4. The Morgan fingerprint density at radius 1 is 1.12 bits per heavy atom. The van der Waals surface area contributed by atoms with E-state index in [0.29, 0.717) is 11.1 Å². The number of aromatic hydroxyl groups is 1. The maximum Gasteiger partial charge on any atom is 0.407 e. The maximum atomic E-state index is 11.8. The van der Waals surface area contributed by atoms with Gasteiger partial charge in [0.25, 0.3) is 0 Å². The molecule has 0 radical (unpaired) electrons. The van der Waals surface area contributed by atoms with E-state index in [0.717, 1.165) is 11.1 Å². The molecule has 24 heavy (non-hydrogen) atoms. The fraction of sp³-hybridized carbons (Fsp3) is 0.316. The fourth-order valence-electron chi connectivity index (χ4n) is 2.32. The summed E-state index contributed by atoms with van der Waals surface area (Å²) >= 11 is 0. The van der Waals surface area contributed by atoms with Crippen LogP contribution in [0, 0.1) is 0 Å². The van der Waals surface area contributed by atoms with Crippen LogP contribution in [0.4, 0.5) is 4.79 Å². The van der Waals surface area contributed by atoms with Gasteiger partial charge in [-0.25, -0.2) is 4.79 Å². The van der Waals surface area contributed by atoms with Crippen LogP contribution in [0.3, 0.4) is 0 Å². The Bertz CT molecular complexity index is 720. The number of phenolic OH excluding ortho intramolecular Hbond substituents is 1. The zero-order valence-electron chi connectivity index (χ0n) is 14.2. The normalized spacial score (nSPS) is 11.2. The summed E-state index contributed by atoms with van der Waals surface area (Å²) in [5.74, 6) is 0.0891. The molecule has 2 aromatic carbocycles. The predicted molar refractivity (Wildman–Crippen MR) is 92.5 cm³/mol. The number of rotatable bonds is 4. The van der Waals surface area contributed by atoms with Crippen molar-refractivity contribution < 1.29 is 19.7 Å². The molecule has 1 amide bonds. The molecule has 0 spiro atoms. The van der Waals surface area contributed by atoms with Crippen LogP contribution in [-0.2, 0) is 17.9 Å². The summed E-state index contributed by atoms with van der Waals surface area (Å²) in [5, 5.41) is 22.1. The Labute approximate surface area is 141 Å². The van der Waals surface area contributed by atoms with Gasteiger partial charge in [0.05, 0.1) is 6.61 Å². The van der Waals surface area contributed by atoms with Crippen molar-refractivity contribution >= 4 is 6.09 Å². The van der Waals surface area contributed by atoms with Gasteiger partial charge in [-0.2, -0.15) is 0 Å². The minimum atomic E-state index is -0.554. The first-order valence-electron chi connectivity index (χ1n) is 7.78. The van der Waals surface area contributed by atoms with E-state index in [1.54, 1.807) is 32.9 Å². The summed E-state index contributed by atoms with van der Waals surface area (Å²) in [7, 11) is 0. The van der Waals surface area contributed by atoms with E-state index < -0.39 is 11.7 Å². The molecule has 5 nitrogen and oxygen atoms in total. The summed E-state index contributed by atoms with van der Waals surface area (Å²) < 4.78 is 5.23. The van der Waals surface area contributed by atoms with E-state index in [4.69, 9.17) is 9.84 Å². The lowest BCUT2D eigenvalue weighted by atomic mass is 9.97. The van der Waals surface area contributed by atoms with Gasteiger partial charge in [0.2, 0.25) is 0 Å². The largest absolute Gasteiger partial charge is 0.507 e. The minimum Gasteiger partial charge on any atom is -0.507 e. The van der Waals surface area contributed by atoms with E-state index in [2.05, 4.69) is 5.32 Å². The van der Waals surface area contributed by atoms with Gasteiger partial charge in [-0.15, -0.1) is 0 Å². The highest BCUT2D eigenvalue weighted by Crippen LogP contribution is 2.32. The Morgan fingerprint density at radius 3 is 2.46 bits per heavy atom. The number of benzene rings is 2. The zero-order chi connectivity index (χ0) is 17.7. The molecule has 0 aromatic heterocycles. The van der Waals surface area contributed by atoms with Crippen LogP contribution in [0.5, 0.6) is 5.75 Å². The van der Waals surface area contributed by atoms with E-state index >= 15 is 0 Å². The number of aliphatic hydroxyl groups is 1. The lowest BCUT2D eigenvalue weighted by molar-refractivity contribution is 0.0523. The molecule has 2 aromatic rings. The quantitative estimate of drug-likeness (QED) is 0.801. The van der Waals surface area contributed by atoms with Gasteiger partial charge in [0.15, 0.2) is 0 Å². The average Bonchev–Trinajstić information content (AvgIpc) is 2.51. The molecular weight excluding hydrogens is 306 g/mol. The molecule has 0 aliphatic rings. The Balaban J connectivity index is 2.20. The van der Waals surface area contributed by atoms with Crippen LogP contribution >= 0.6 is 0 Å². The summed E-state index contributed by atoms with van der Waals surface area (Å²) in [4.78, 5) is 11.8. The van der Waals surface area contributed by atoms with Crippen LogP contribution in [0.2, 0.25) is 0 Å². The Morgan fingerprint density at radius 2 is 1.83 bits per heavy atom. The molecule has 0 unspecified atom stereocenters. The molecule has 128 valence electrons. The second kappa shape index (κ2) is 7.36. The highest BCUT2D eigenvalue weighted by atomic mass is 16.6. The molecular formula is C19H23NO4. The van der Waals surface area contributed by atoms with Crippen molar-refractivity contribution in [1.29, 1.82) is 0 Å². The number of hydrogen-bond donors (Lipinski definition) is 3. The number of carbonyl (C=O) groups is 1. The fourth-order valence-corrected chi connectivity index (χ4v) is 2.32. The molecule has 0 bridgehead atoms. The van der Waals surface area contributed by atoms with Gasteiger partial charge in [-0.1, -0.05) is 36.4 Å². The molecule has 0 atom stereocenters. The van der Waals surface area contributed by atoms with Crippen LogP contribution in [0.25, 0.3) is 11.1 Å². The van der Waals surface area contributed by atoms with Crippen molar-refractivity contribution in [3.63, 3.8) is 0 Å². The van der Waals surface area contributed by atoms with Gasteiger partial charge < -0.3 is 20.3 Å². The van der Waals surface area contributed by atoms with Crippen LogP contribution < -0.4 is 5.32 Å². The lowest BCUT2D eigenvalue weighted by Gasteiger charge is -2.20.